The quantitative estimate of drug-likeness (QED) is 0.746. The fourth-order valence-electron chi connectivity index (χ4n) is 2.39. The van der Waals surface area contributed by atoms with Gasteiger partial charge in [-0.05, 0) is 36.8 Å². The molecule has 3 rings (SSSR count). The normalized spacial score (nSPS) is 10.6. The van der Waals surface area contributed by atoms with E-state index in [1.807, 2.05) is 12.1 Å². The standard InChI is InChI=1S/C18H17ClN4O/c1-12-3-2-4-13(9-12)10-16-21-17(23-22-16)11-18(24)20-15-7-5-14(19)6-8-15/h2-9H,10-11H2,1H3,(H,20,24)(H,21,22,23). The van der Waals surface area contributed by atoms with E-state index in [1.165, 1.54) is 5.56 Å². The van der Waals surface area contributed by atoms with E-state index >= 15 is 0 Å². The van der Waals surface area contributed by atoms with Crippen molar-refractivity contribution in [2.45, 2.75) is 19.8 Å². The number of H-pyrrole nitrogens is 1. The van der Waals surface area contributed by atoms with Crippen LogP contribution >= 0.6 is 11.6 Å². The molecule has 0 saturated carbocycles. The largest absolute Gasteiger partial charge is 0.326 e. The SMILES string of the molecule is Cc1cccc(Cc2nc(CC(=O)Nc3ccc(Cl)cc3)n[nH]2)c1. The number of carbonyl (C=O) groups excluding carboxylic acids is 1. The van der Waals surface area contributed by atoms with Crippen LogP contribution in [-0.4, -0.2) is 21.1 Å². The number of rotatable bonds is 5. The topological polar surface area (TPSA) is 70.7 Å². The number of nitrogens with one attached hydrogen (secondary N) is 2. The van der Waals surface area contributed by atoms with Gasteiger partial charge < -0.3 is 5.32 Å². The summed E-state index contributed by atoms with van der Waals surface area (Å²) >= 11 is 5.82. The second kappa shape index (κ2) is 7.27. The maximum Gasteiger partial charge on any atom is 0.232 e. The number of hydrogen-bond acceptors (Lipinski definition) is 3. The zero-order chi connectivity index (χ0) is 16.9. The molecule has 6 heteroatoms. The Morgan fingerprint density at radius 2 is 2.00 bits per heavy atom. The molecule has 0 spiro atoms. The van der Waals surface area contributed by atoms with Crippen molar-refractivity contribution in [3.8, 4) is 0 Å². The molecular weight excluding hydrogens is 324 g/mol. The zero-order valence-electron chi connectivity index (χ0n) is 13.2. The molecule has 0 fully saturated rings. The molecule has 1 aromatic heterocycles. The molecule has 24 heavy (non-hydrogen) atoms. The third-order valence-corrected chi connectivity index (χ3v) is 3.73. The molecule has 0 saturated heterocycles. The number of halogens is 1. The Hall–Kier alpha value is -2.66. The predicted molar refractivity (Wildman–Crippen MR) is 94.2 cm³/mol. The summed E-state index contributed by atoms with van der Waals surface area (Å²) in [6.07, 6.45) is 0.778. The van der Waals surface area contributed by atoms with Crippen LogP contribution in [0.25, 0.3) is 0 Å². The molecule has 1 heterocycles. The first-order valence-electron chi connectivity index (χ1n) is 7.59. The lowest BCUT2D eigenvalue weighted by molar-refractivity contribution is -0.115. The molecule has 122 valence electrons. The van der Waals surface area contributed by atoms with Gasteiger partial charge in [0.2, 0.25) is 5.91 Å². The number of nitrogens with zero attached hydrogens (tertiary/aromatic N) is 2. The van der Waals surface area contributed by atoms with E-state index in [2.05, 4.69) is 39.6 Å². The van der Waals surface area contributed by atoms with Gasteiger partial charge in [-0.2, -0.15) is 5.10 Å². The van der Waals surface area contributed by atoms with Gasteiger partial charge in [0, 0.05) is 17.1 Å². The van der Waals surface area contributed by atoms with Crippen molar-refractivity contribution < 1.29 is 4.79 Å². The van der Waals surface area contributed by atoms with Gasteiger partial charge in [0.25, 0.3) is 0 Å². The summed E-state index contributed by atoms with van der Waals surface area (Å²) < 4.78 is 0. The van der Waals surface area contributed by atoms with Crippen molar-refractivity contribution in [3.05, 3.63) is 76.3 Å². The second-order valence-corrected chi connectivity index (χ2v) is 6.03. The van der Waals surface area contributed by atoms with E-state index < -0.39 is 0 Å². The summed E-state index contributed by atoms with van der Waals surface area (Å²) in [5.41, 5.74) is 3.05. The van der Waals surface area contributed by atoms with Gasteiger partial charge in [0.1, 0.15) is 5.82 Å². The monoisotopic (exact) mass is 340 g/mol. The van der Waals surface area contributed by atoms with Crippen molar-refractivity contribution >= 4 is 23.2 Å². The molecule has 0 radical (unpaired) electrons. The van der Waals surface area contributed by atoms with E-state index in [4.69, 9.17) is 11.6 Å². The zero-order valence-corrected chi connectivity index (χ0v) is 14.0. The van der Waals surface area contributed by atoms with Gasteiger partial charge >= 0.3 is 0 Å². The number of amides is 1. The number of aryl methyl sites for hydroxylation is 1. The van der Waals surface area contributed by atoms with Gasteiger partial charge in [-0.25, -0.2) is 4.98 Å². The molecular formula is C18H17ClN4O. The third-order valence-electron chi connectivity index (χ3n) is 3.48. The molecule has 0 aliphatic rings. The maximum atomic E-state index is 12.0. The minimum Gasteiger partial charge on any atom is -0.326 e. The minimum absolute atomic E-state index is 0.118. The number of anilines is 1. The first-order valence-corrected chi connectivity index (χ1v) is 7.97. The maximum absolute atomic E-state index is 12.0. The van der Waals surface area contributed by atoms with E-state index in [-0.39, 0.29) is 12.3 Å². The summed E-state index contributed by atoms with van der Waals surface area (Å²) in [5.74, 6) is 1.05. The van der Waals surface area contributed by atoms with Crippen LogP contribution in [0.4, 0.5) is 5.69 Å². The summed E-state index contributed by atoms with van der Waals surface area (Å²) in [7, 11) is 0. The van der Waals surface area contributed by atoms with Crippen LogP contribution in [0, 0.1) is 6.92 Å². The molecule has 2 N–H and O–H groups in total. The third kappa shape index (κ3) is 4.43. The molecule has 5 nitrogen and oxygen atoms in total. The average Bonchev–Trinajstić information content (AvgIpc) is 2.96. The summed E-state index contributed by atoms with van der Waals surface area (Å²) in [5, 5.41) is 10.4. The van der Waals surface area contributed by atoms with Gasteiger partial charge in [0.15, 0.2) is 5.82 Å². The Bertz CT molecular complexity index is 842. The average molecular weight is 341 g/mol. The lowest BCUT2D eigenvalue weighted by Gasteiger charge is -2.03. The smallest absolute Gasteiger partial charge is 0.232 e. The summed E-state index contributed by atoms with van der Waals surface area (Å²) in [6.45, 7) is 2.05. The van der Waals surface area contributed by atoms with Crippen molar-refractivity contribution in [3.63, 3.8) is 0 Å². The van der Waals surface area contributed by atoms with Crippen LogP contribution in [-0.2, 0) is 17.6 Å². The highest BCUT2D eigenvalue weighted by molar-refractivity contribution is 6.30. The van der Waals surface area contributed by atoms with E-state index in [9.17, 15) is 4.79 Å². The molecule has 1 amide bonds. The van der Waals surface area contributed by atoms with Crippen molar-refractivity contribution in [1.29, 1.82) is 0 Å². The van der Waals surface area contributed by atoms with Crippen LogP contribution in [0.15, 0.2) is 48.5 Å². The van der Waals surface area contributed by atoms with E-state index in [0.29, 0.717) is 23.0 Å². The molecule has 0 aliphatic carbocycles. The first-order chi connectivity index (χ1) is 11.6. The van der Waals surface area contributed by atoms with Gasteiger partial charge in [0.05, 0.1) is 6.42 Å². The number of aromatic nitrogens is 3. The Morgan fingerprint density at radius 1 is 1.21 bits per heavy atom. The highest BCUT2D eigenvalue weighted by Crippen LogP contribution is 2.13. The molecule has 0 aliphatic heterocycles. The van der Waals surface area contributed by atoms with Gasteiger partial charge in [-0.3, -0.25) is 9.89 Å². The lowest BCUT2D eigenvalue weighted by atomic mass is 10.1. The predicted octanol–water partition coefficient (Wildman–Crippen LogP) is 3.54. The Morgan fingerprint density at radius 3 is 2.75 bits per heavy atom. The number of aromatic amines is 1. The summed E-state index contributed by atoms with van der Waals surface area (Å²) in [4.78, 5) is 16.4. The van der Waals surface area contributed by atoms with Crippen LogP contribution in [0.3, 0.4) is 0 Å². The fourth-order valence-corrected chi connectivity index (χ4v) is 2.52. The van der Waals surface area contributed by atoms with Crippen LogP contribution in [0.5, 0.6) is 0 Å². The Kier molecular flexibility index (Phi) is 4.91. The Balaban J connectivity index is 1.59. The molecule has 0 atom stereocenters. The molecule has 3 aromatic rings. The van der Waals surface area contributed by atoms with Crippen LogP contribution < -0.4 is 5.32 Å². The number of benzene rings is 2. The van der Waals surface area contributed by atoms with E-state index in [0.717, 1.165) is 11.4 Å². The molecule has 0 bridgehead atoms. The minimum atomic E-state index is -0.168. The fraction of sp³-hybridized carbons (Fsp3) is 0.167. The second-order valence-electron chi connectivity index (χ2n) is 5.60. The lowest BCUT2D eigenvalue weighted by Crippen LogP contribution is -2.15. The number of hydrogen-bond donors (Lipinski definition) is 2. The van der Waals surface area contributed by atoms with Crippen LogP contribution in [0.1, 0.15) is 22.8 Å². The van der Waals surface area contributed by atoms with Gasteiger partial charge in [-0.1, -0.05) is 41.4 Å². The van der Waals surface area contributed by atoms with Crippen molar-refractivity contribution in [1.82, 2.24) is 15.2 Å². The van der Waals surface area contributed by atoms with E-state index in [1.54, 1.807) is 24.3 Å². The van der Waals surface area contributed by atoms with Crippen molar-refractivity contribution in [2.24, 2.45) is 0 Å². The number of carbonyl (C=O) groups is 1. The molecule has 0 unspecified atom stereocenters. The Labute approximate surface area is 145 Å². The highest BCUT2D eigenvalue weighted by Gasteiger charge is 2.10. The first kappa shape index (κ1) is 16.2. The molecule has 2 aromatic carbocycles. The van der Waals surface area contributed by atoms with Gasteiger partial charge in [-0.15, -0.1) is 0 Å². The highest BCUT2D eigenvalue weighted by atomic mass is 35.5. The van der Waals surface area contributed by atoms with Crippen LogP contribution in [0.2, 0.25) is 5.02 Å². The summed E-state index contributed by atoms with van der Waals surface area (Å²) in [6, 6.07) is 15.2. The van der Waals surface area contributed by atoms with Crippen molar-refractivity contribution in [2.75, 3.05) is 5.32 Å².